The summed E-state index contributed by atoms with van der Waals surface area (Å²) in [7, 11) is 3.48. The third kappa shape index (κ3) is 3.43. The Morgan fingerprint density at radius 2 is 2.09 bits per heavy atom. The van der Waals surface area contributed by atoms with Gasteiger partial charge in [-0.1, -0.05) is 0 Å². The molecule has 0 radical (unpaired) electrons. The third-order valence-electron chi connectivity index (χ3n) is 7.14. The molecule has 1 aliphatic heterocycles. The van der Waals surface area contributed by atoms with Gasteiger partial charge in [0.25, 0.3) is 5.56 Å². The average molecular weight is 466 g/mol. The predicted octanol–water partition coefficient (Wildman–Crippen LogP) is 2.35. The number of imidazole rings is 1. The number of rotatable bonds is 3. The molecule has 3 aromatic heterocycles. The predicted molar refractivity (Wildman–Crippen MR) is 126 cm³/mol. The van der Waals surface area contributed by atoms with Gasteiger partial charge < -0.3 is 30.0 Å². The van der Waals surface area contributed by atoms with Crippen LogP contribution < -0.4 is 21.5 Å². The van der Waals surface area contributed by atoms with Crippen LogP contribution in [0.15, 0.2) is 29.5 Å². The van der Waals surface area contributed by atoms with Gasteiger partial charge in [-0.3, -0.25) is 4.79 Å². The molecule has 4 bridgehead atoms. The summed E-state index contributed by atoms with van der Waals surface area (Å²) >= 11 is 0. The fourth-order valence-corrected chi connectivity index (χ4v) is 4.85. The molecule has 11 nitrogen and oxygen atoms in total. The molecule has 3 aliphatic rings. The summed E-state index contributed by atoms with van der Waals surface area (Å²) in [5, 5.41) is 9.35. The zero-order valence-electron chi connectivity index (χ0n) is 19.1. The second-order valence-corrected chi connectivity index (χ2v) is 9.16. The molecule has 3 N–H and O–H groups in total. The van der Waals surface area contributed by atoms with Gasteiger partial charge in [0.2, 0.25) is 0 Å². The van der Waals surface area contributed by atoms with E-state index in [9.17, 15) is 9.59 Å². The minimum Gasteiger partial charge on any atom is -0.386 e. The molecule has 1 amide bonds. The number of aromatic nitrogens is 4. The van der Waals surface area contributed by atoms with E-state index in [1.54, 1.807) is 24.8 Å². The molecule has 0 unspecified atom stereocenters. The van der Waals surface area contributed by atoms with Gasteiger partial charge in [0.1, 0.15) is 23.3 Å². The number of nitrogens with one attached hydrogen (secondary N) is 3. The van der Waals surface area contributed by atoms with Crippen molar-refractivity contribution in [1.82, 2.24) is 24.4 Å². The van der Waals surface area contributed by atoms with E-state index >= 15 is 0 Å². The zero-order chi connectivity index (χ0) is 23.4. The Kier molecular flexibility index (Phi) is 5.03. The van der Waals surface area contributed by atoms with Crippen molar-refractivity contribution in [3.8, 4) is 0 Å². The minimum atomic E-state index is -0.303. The molecule has 0 saturated heterocycles. The van der Waals surface area contributed by atoms with Crippen molar-refractivity contribution in [2.45, 2.75) is 56.6 Å². The van der Waals surface area contributed by atoms with Crippen molar-refractivity contribution < 1.29 is 14.3 Å². The lowest BCUT2D eigenvalue weighted by atomic mass is 9.88. The van der Waals surface area contributed by atoms with Crippen LogP contribution in [-0.2, 0) is 16.1 Å². The van der Waals surface area contributed by atoms with Crippen LogP contribution >= 0.6 is 0 Å². The average Bonchev–Trinajstić information content (AvgIpc) is 3.21. The van der Waals surface area contributed by atoms with Crippen molar-refractivity contribution >= 4 is 34.4 Å². The third-order valence-corrected chi connectivity index (χ3v) is 7.14. The van der Waals surface area contributed by atoms with Gasteiger partial charge in [-0.2, -0.15) is 0 Å². The number of methoxy groups -OCH3 is 1. The largest absolute Gasteiger partial charge is 0.386 e. The van der Waals surface area contributed by atoms with E-state index in [2.05, 4.69) is 25.9 Å². The lowest BCUT2D eigenvalue weighted by Gasteiger charge is -2.37. The Hall–Kier alpha value is -3.44. The first kappa shape index (κ1) is 21.1. The van der Waals surface area contributed by atoms with Crippen LogP contribution in [0.1, 0.15) is 37.3 Å². The number of ether oxygens (including phenoxy) is 2. The van der Waals surface area contributed by atoms with E-state index in [-0.39, 0.29) is 35.9 Å². The van der Waals surface area contributed by atoms with E-state index < -0.39 is 0 Å². The number of amides is 1. The summed E-state index contributed by atoms with van der Waals surface area (Å²) in [4.78, 5) is 35.4. The molecular weight excluding hydrogens is 438 g/mol. The Morgan fingerprint density at radius 3 is 2.82 bits per heavy atom. The summed E-state index contributed by atoms with van der Waals surface area (Å²) in [6.45, 7) is 0.344. The molecule has 2 aliphatic carbocycles. The lowest BCUT2D eigenvalue weighted by Crippen LogP contribution is -2.52. The van der Waals surface area contributed by atoms with Crippen LogP contribution in [0.5, 0.6) is 0 Å². The van der Waals surface area contributed by atoms with E-state index in [0.29, 0.717) is 35.0 Å². The zero-order valence-corrected chi connectivity index (χ0v) is 19.1. The van der Waals surface area contributed by atoms with Crippen molar-refractivity contribution in [3.05, 3.63) is 40.6 Å². The molecule has 2 saturated carbocycles. The Labute approximate surface area is 195 Å². The van der Waals surface area contributed by atoms with E-state index in [0.717, 1.165) is 31.2 Å². The second kappa shape index (κ2) is 8.10. The van der Waals surface area contributed by atoms with Gasteiger partial charge in [-0.05, 0) is 37.3 Å². The van der Waals surface area contributed by atoms with E-state index in [1.165, 1.54) is 10.9 Å². The Morgan fingerprint density at radius 1 is 1.24 bits per heavy atom. The van der Waals surface area contributed by atoms with Crippen LogP contribution in [0.3, 0.4) is 0 Å². The first-order valence-electron chi connectivity index (χ1n) is 11.6. The van der Waals surface area contributed by atoms with Gasteiger partial charge in [-0.25, -0.2) is 19.3 Å². The number of carbonyl (C=O) groups excluding carboxylic acids is 1. The van der Waals surface area contributed by atoms with Gasteiger partial charge >= 0.3 is 6.03 Å². The summed E-state index contributed by atoms with van der Waals surface area (Å²) in [6, 6.07) is 3.30. The summed E-state index contributed by atoms with van der Waals surface area (Å²) in [5.41, 5.74) is 2.85. The SMILES string of the molecule is CNc1cc2nc3c1ncn3C(=O)N[C@@H]1CC[C@H]1OCc1cc(c(=O)n(C3CC(OC)C3)c1)N2. The number of carbonyl (C=O) groups is 1. The highest BCUT2D eigenvalue weighted by Crippen LogP contribution is 2.34. The van der Waals surface area contributed by atoms with Crippen molar-refractivity contribution in [2.24, 2.45) is 0 Å². The lowest BCUT2D eigenvalue weighted by molar-refractivity contribution is -0.0328. The topological polar surface area (TPSA) is 124 Å². The normalized spacial score (nSPS) is 26.0. The molecule has 2 atom stereocenters. The number of hydrogen-bond acceptors (Lipinski definition) is 8. The summed E-state index contributed by atoms with van der Waals surface area (Å²) in [5.74, 6) is 0.440. The Balaban J connectivity index is 1.47. The molecule has 34 heavy (non-hydrogen) atoms. The Bertz CT molecular complexity index is 1330. The van der Waals surface area contributed by atoms with Crippen LogP contribution in [0.25, 0.3) is 11.2 Å². The highest BCUT2D eigenvalue weighted by molar-refractivity contribution is 5.94. The smallest absolute Gasteiger partial charge is 0.328 e. The molecule has 3 aromatic rings. The first-order chi connectivity index (χ1) is 16.5. The molecule has 0 aromatic carbocycles. The van der Waals surface area contributed by atoms with E-state index in [1.807, 2.05) is 12.3 Å². The van der Waals surface area contributed by atoms with Gasteiger partial charge in [0.05, 0.1) is 30.5 Å². The molecule has 6 rings (SSSR count). The molecule has 11 heteroatoms. The molecule has 2 fully saturated rings. The van der Waals surface area contributed by atoms with Crippen molar-refractivity contribution in [2.75, 3.05) is 24.8 Å². The maximum absolute atomic E-state index is 13.4. The fraction of sp³-hybridized carbons (Fsp3) is 0.478. The number of anilines is 3. The van der Waals surface area contributed by atoms with E-state index in [4.69, 9.17) is 9.47 Å². The van der Waals surface area contributed by atoms with Crippen LogP contribution in [0.4, 0.5) is 22.0 Å². The summed E-state index contributed by atoms with van der Waals surface area (Å²) in [6.07, 6.45) is 6.74. The van der Waals surface area contributed by atoms with Crippen molar-refractivity contribution in [1.29, 1.82) is 0 Å². The number of pyridine rings is 2. The van der Waals surface area contributed by atoms with Crippen LogP contribution in [0.2, 0.25) is 0 Å². The molecule has 178 valence electrons. The molecule has 4 heterocycles. The number of nitrogens with zero attached hydrogens (tertiary/aromatic N) is 4. The summed E-state index contributed by atoms with van der Waals surface area (Å²) < 4.78 is 14.7. The van der Waals surface area contributed by atoms with Crippen molar-refractivity contribution in [3.63, 3.8) is 0 Å². The maximum Gasteiger partial charge on any atom is 0.328 e. The minimum absolute atomic E-state index is 0.0808. The molecular formula is C23H27N7O4. The van der Waals surface area contributed by atoms with Gasteiger partial charge in [-0.15, -0.1) is 0 Å². The first-order valence-corrected chi connectivity index (χ1v) is 11.6. The number of hydrogen-bond donors (Lipinski definition) is 3. The van der Waals surface area contributed by atoms with Crippen LogP contribution in [0, 0.1) is 0 Å². The highest BCUT2D eigenvalue weighted by atomic mass is 16.5. The van der Waals surface area contributed by atoms with Crippen LogP contribution in [-0.4, -0.2) is 57.5 Å². The fourth-order valence-electron chi connectivity index (χ4n) is 4.85. The second-order valence-electron chi connectivity index (χ2n) is 9.16. The van der Waals surface area contributed by atoms with Gasteiger partial charge in [0.15, 0.2) is 5.65 Å². The number of fused-ring (bicyclic) bond motifs is 4. The molecule has 0 spiro atoms. The highest BCUT2D eigenvalue weighted by Gasteiger charge is 2.35. The van der Waals surface area contributed by atoms with Gasteiger partial charge in [0, 0.05) is 32.5 Å². The maximum atomic E-state index is 13.4. The monoisotopic (exact) mass is 465 g/mol. The quantitative estimate of drug-likeness (QED) is 0.539. The standard InChI is InChI=1S/C23H27N7O4/c1-24-16-8-19-26-17-5-12(9-29(22(17)31)13-6-14(7-13)33-2)10-34-18-4-3-15(18)27-23(32)30-11-25-20(16)21(30)28-19/h5,8-9,11,13-15,18H,3-4,6-7,10H2,1-2H3,(H,27,32)(H2,24,26,28)/t13?,14?,15-,18-/m1/s1.